The summed E-state index contributed by atoms with van der Waals surface area (Å²) < 4.78 is 10.8. The maximum absolute atomic E-state index is 12.6. The molecule has 2 aromatic rings. The fraction of sp³-hybridized carbons (Fsp3) is 0.423. The molecule has 8 heteroatoms. The topological polar surface area (TPSA) is 114 Å². The van der Waals surface area contributed by atoms with Crippen LogP contribution in [-0.4, -0.2) is 55.0 Å². The zero-order valence-electron chi connectivity index (χ0n) is 18.7. The lowest BCUT2D eigenvalue weighted by Crippen LogP contribution is -2.45. The molecule has 1 heterocycles. The number of ether oxygens (including phenoxy) is 2. The van der Waals surface area contributed by atoms with E-state index in [2.05, 4.69) is 34.9 Å². The second kappa shape index (κ2) is 9.46. The molecule has 2 fully saturated rings. The molecule has 3 aliphatic rings. The molecule has 4 atom stereocenters. The van der Waals surface area contributed by atoms with E-state index in [4.69, 9.17) is 9.47 Å². The van der Waals surface area contributed by atoms with Crippen molar-refractivity contribution in [2.24, 2.45) is 11.8 Å². The van der Waals surface area contributed by atoms with Crippen molar-refractivity contribution < 1.29 is 29.0 Å². The van der Waals surface area contributed by atoms with E-state index < -0.39 is 24.0 Å². The Balaban J connectivity index is 1.12. The molecule has 0 spiro atoms. The molecule has 8 nitrogen and oxygen atoms in total. The number of hydrogen-bond acceptors (Lipinski definition) is 5. The molecule has 3 N–H and O–H groups in total. The molecule has 0 bridgehead atoms. The summed E-state index contributed by atoms with van der Waals surface area (Å²) in [6.07, 6.45) is 1.32. The minimum Gasteiger partial charge on any atom is -0.481 e. The maximum Gasteiger partial charge on any atom is 0.407 e. The van der Waals surface area contributed by atoms with Crippen LogP contribution < -0.4 is 10.6 Å². The molecular weight excluding hydrogens is 436 g/mol. The van der Waals surface area contributed by atoms with Crippen LogP contribution in [0.5, 0.6) is 0 Å². The first kappa shape index (κ1) is 22.4. The van der Waals surface area contributed by atoms with Crippen LogP contribution in [0.1, 0.15) is 36.3 Å². The number of carboxylic acid groups (broad SMARTS) is 1. The molecular formula is C26H28N2O6. The third kappa shape index (κ3) is 4.37. The molecule has 1 saturated carbocycles. The predicted molar refractivity (Wildman–Crippen MR) is 123 cm³/mol. The zero-order valence-corrected chi connectivity index (χ0v) is 18.7. The van der Waals surface area contributed by atoms with Gasteiger partial charge in [0, 0.05) is 17.9 Å². The van der Waals surface area contributed by atoms with E-state index in [0.29, 0.717) is 19.3 Å². The van der Waals surface area contributed by atoms with E-state index >= 15 is 0 Å². The van der Waals surface area contributed by atoms with Crippen LogP contribution in [0, 0.1) is 11.8 Å². The number of hydrogen-bond donors (Lipinski definition) is 3. The monoisotopic (exact) mass is 464 g/mol. The van der Waals surface area contributed by atoms with Crippen molar-refractivity contribution in [1.29, 1.82) is 0 Å². The highest BCUT2D eigenvalue weighted by Crippen LogP contribution is 2.44. The summed E-state index contributed by atoms with van der Waals surface area (Å²) in [5.74, 6) is -2.15. The third-order valence-electron chi connectivity index (χ3n) is 7.19. The molecule has 5 rings (SSSR count). The van der Waals surface area contributed by atoms with E-state index in [9.17, 15) is 19.5 Å². The van der Waals surface area contributed by atoms with Crippen molar-refractivity contribution in [3.05, 3.63) is 59.7 Å². The third-order valence-corrected chi connectivity index (χ3v) is 7.19. The van der Waals surface area contributed by atoms with Gasteiger partial charge in [0.05, 0.1) is 19.3 Å². The molecule has 2 aromatic carbocycles. The van der Waals surface area contributed by atoms with Crippen LogP contribution in [0.15, 0.2) is 48.5 Å². The van der Waals surface area contributed by atoms with Crippen molar-refractivity contribution >= 4 is 18.0 Å². The van der Waals surface area contributed by atoms with Gasteiger partial charge in [0.1, 0.15) is 12.5 Å². The summed E-state index contributed by atoms with van der Waals surface area (Å²) in [5.41, 5.74) is 4.67. The van der Waals surface area contributed by atoms with Gasteiger partial charge in [0.2, 0.25) is 5.91 Å². The van der Waals surface area contributed by atoms with E-state index in [1.165, 1.54) is 11.1 Å². The Morgan fingerprint density at radius 3 is 2.29 bits per heavy atom. The average molecular weight is 465 g/mol. The lowest BCUT2D eigenvalue weighted by atomic mass is 9.98. The largest absolute Gasteiger partial charge is 0.481 e. The number of alkyl carbamates (subject to hydrolysis) is 1. The predicted octanol–water partition coefficient (Wildman–Crippen LogP) is 2.91. The molecule has 0 radical (unpaired) electrons. The molecule has 2 amide bonds. The van der Waals surface area contributed by atoms with Crippen molar-refractivity contribution in [2.75, 3.05) is 19.8 Å². The number of carbonyl (C=O) groups is 3. The highest BCUT2D eigenvalue weighted by Gasteiger charge is 2.38. The number of carboxylic acids is 1. The molecule has 1 aliphatic heterocycles. The van der Waals surface area contributed by atoms with E-state index in [0.717, 1.165) is 11.1 Å². The van der Waals surface area contributed by atoms with Crippen molar-refractivity contribution in [1.82, 2.24) is 10.6 Å². The standard InChI is InChI=1S/C26H28N2O6/c29-24(28-23-14-33-12-22(23)25(30)31)15-9-10-16(11-15)27-26(32)34-13-21-19-7-3-1-5-17(19)18-6-2-4-8-20(18)21/h1-8,15-16,21-23H,9-14H2,(H,27,32)(H,28,29)(H,30,31)/t15-,16+,22?,23?/m1/s1. The Kier molecular flexibility index (Phi) is 6.24. The quantitative estimate of drug-likeness (QED) is 0.606. The number of nitrogens with one attached hydrogen (secondary N) is 2. The van der Waals surface area contributed by atoms with Gasteiger partial charge < -0.3 is 25.2 Å². The molecule has 2 aliphatic carbocycles. The van der Waals surface area contributed by atoms with E-state index in [1.807, 2.05) is 24.3 Å². The number of amides is 2. The van der Waals surface area contributed by atoms with Gasteiger partial charge >= 0.3 is 12.1 Å². The first-order valence-corrected chi connectivity index (χ1v) is 11.7. The van der Waals surface area contributed by atoms with Gasteiger partial charge in [-0.15, -0.1) is 0 Å². The first-order chi connectivity index (χ1) is 16.5. The van der Waals surface area contributed by atoms with Crippen LogP contribution in [-0.2, 0) is 19.1 Å². The smallest absolute Gasteiger partial charge is 0.407 e. The number of benzene rings is 2. The van der Waals surface area contributed by atoms with Gasteiger partial charge in [-0.05, 0) is 41.5 Å². The number of rotatable bonds is 6. The average Bonchev–Trinajstić information content (AvgIpc) is 3.56. The van der Waals surface area contributed by atoms with Gasteiger partial charge in [-0.2, -0.15) is 0 Å². The summed E-state index contributed by atoms with van der Waals surface area (Å²) in [6.45, 7) is 0.558. The molecule has 1 saturated heterocycles. The second-order valence-electron chi connectivity index (χ2n) is 9.27. The summed E-state index contributed by atoms with van der Waals surface area (Å²) in [6, 6.07) is 15.7. The summed E-state index contributed by atoms with van der Waals surface area (Å²) in [7, 11) is 0. The number of aliphatic carboxylic acids is 1. The SMILES string of the molecule is O=C(N[C@H]1CC[C@@H](C(=O)NC2COCC2C(=O)O)C1)OCC1c2ccccc2-c2ccccc21. The number of fused-ring (bicyclic) bond motifs is 3. The van der Waals surface area contributed by atoms with Crippen molar-refractivity contribution in [2.45, 2.75) is 37.3 Å². The minimum atomic E-state index is -0.968. The van der Waals surface area contributed by atoms with Crippen molar-refractivity contribution in [3.8, 4) is 11.1 Å². The Morgan fingerprint density at radius 2 is 1.62 bits per heavy atom. The van der Waals surface area contributed by atoms with Crippen LogP contribution in [0.3, 0.4) is 0 Å². The van der Waals surface area contributed by atoms with Gasteiger partial charge in [-0.1, -0.05) is 48.5 Å². The Bertz CT molecular complexity index is 1060. The van der Waals surface area contributed by atoms with Gasteiger partial charge in [-0.3, -0.25) is 9.59 Å². The number of carbonyl (C=O) groups excluding carboxylic acids is 2. The van der Waals surface area contributed by atoms with Gasteiger partial charge in [0.25, 0.3) is 0 Å². The van der Waals surface area contributed by atoms with Gasteiger partial charge in [0.15, 0.2) is 0 Å². The summed E-state index contributed by atoms with van der Waals surface area (Å²) in [5, 5.41) is 15.0. The summed E-state index contributed by atoms with van der Waals surface area (Å²) in [4.78, 5) is 36.5. The highest BCUT2D eigenvalue weighted by atomic mass is 16.5. The summed E-state index contributed by atoms with van der Waals surface area (Å²) >= 11 is 0. The Labute approximate surface area is 197 Å². The van der Waals surface area contributed by atoms with Crippen LogP contribution >= 0.6 is 0 Å². The van der Waals surface area contributed by atoms with Gasteiger partial charge in [-0.25, -0.2) is 4.79 Å². The molecule has 34 heavy (non-hydrogen) atoms. The Morgan fingerprint density at radius 1 is 0.941 bits per heavy atom. The normalized spacial score (nSPS) is 25.4. The Hall–Kier alpha value is -3.39. The lowest BCUT2D eigenvalue weighted by molar-refractivity contribution is -0.142. The lowest BCUT2D eigenvalue weighted by Gasteiger charge is -2.19. The zero-order chi connectivity index (χ0) is 23.7. The van der Waals surface area contributed by atoms with Crippen LogP contribution in [0.2, 0.25) is 0 Å². The highest BCUT2D eigenvalue weighted by molar-refractivity contribution is 5.81. The van der Waals surface area contributed by atoms with Crippen LogP contribution in [0.25, 0.3) is 11.1 Å². The van der Waals surface area contributed by atoms with Crippen molar-refractivity contribution in [3.63, 3.8) is 0 Å². The minimum absolute atomic E-state index is 0.00364. The molecule has 0 aromatic heterocycles. The van der Waals surface area contributed by atoms with E-state index in [-0.39, 0.29) is 43.6 Å². The molecule has 178 valence electrons. The molecule has 2 unspecified atom stereocenters. The fourth-order valence-corrected chi connectivity index (χ4v) is 5.40. The maximum atomic E-state index is 12.6. The van der Waals surface area contributed by atoms with E-state index in [1.54, 1.807) is 0 Å². The van der Waals surface area contributed by atoms with Crippen LogP contribution in [0.4, 0.5) is 4.79 Å². The first-order valence-electron chi connectivity index (χ1n) is 11.7. The fourth-order valence-electron chi connectivity index (χ4n) is 5.40. The second-order valence-corrected chi connectivity index (χ2v) is 9.27.